The van der Waals surface area contributed by atoms with Crippen LogP contribution in [0.4, 0.5) is 0 Å². The van der Waals surface area contributed by atoms with Crippen molar-refractivity contribution < 1.29 is 14.3 Å². The van der Waals surface area contributed by atoms with Crippen LogP contribution in [-0.4, -0.2) is 59.9 Å². The zero-order valence-corrected chi connectivity index (χ0v) is 16.2. The maximum absolute atomic E-state index is 12.9. The van der Waals surface area contributed by atoms with Crippen molar-refractivity contribution in [1.82, 2.24) is 14.8 Å². The summed E-state index contributed by atoms with van der Waals surface area (Å²) < 4.78 is 5.74. The predicted molar refractivity (Wildman–Crippen MR) is 101 cm³/mol. The number of hydrogen-bond acceptors (Lipinski definition) is 5. The molecule has 1 aliphatic carbocycles. The van der Waals surface area contributed by atoms with E-state index in [0.717, 1.165) is 44.6 Å². The molecule has 6 heteroatoms. The molecule has 0 radical (unpaired) electrons. The fraction of sp³-hybridized carbons (Fsp3) is 0.667. The second-order valence-electron chi connectivity index (χ2n) is 8.22. The van der Waals surface area contributed by atoms with Gasteiger partial charge in [0.2, 0.25) is 5.91 Å². The summed E-state index contributed by atoms with van der Waals surface area (Å²) in [6, 6.07) is 3.80. The maximum Gasteiger partial charge on any atom is 0.358 e. The predicted octanol–water partition coefficient (Wildman–Crippen LogP) is 2.58. The van der Waals surface area contributed by atoms with Crippen molar-refractivity contribution in [3.63, 3.8) is 0 Å². The number of carbonyl (C=O) groups excluding carboxylic acids is 2. The van der Waals surface area contributed by atoms with Crippen LogP contribution >= 0.6 is 0 Å². The molecular formula is C21H29N3O3. The van der Waals surface area contributed by atoms with Crippen molar-refractivity contribution in [2.45, 2.75) is 50.5 Å². The number of nitrogens with zero attached hydrogens (tertiary/aromatic N) is 3. The molecule has 0 N–H and O–H groups in total. The molecule has 27 heavy (non-hydrogen) atoms. The standard InChI is InChI=1S/C21H29N3O3/c1-23(14-15-24-12-3-2-4-13-24)19(25)16-7-9-21(10-8-16)17-6-5-11-22-18(17)20(26)27-21/h5-6,11,16H,2-4,7-10,12-15H2,1H3/t16-,21-. The van der Waals surface area contributed by atoms with Crippen LogP contribution in [0, 0.1) is 5.92 Å². The number of amides is 1. The molecule has 1 saturated heterocycles. The number of hydrogen-bond donors (Lipinski definition) is 0. The third kappa shape index (κ3) is 3.59. The first-order valence-electron chi connectivity index (χ1n) is 10.3. The van der Waals surface area contributed by atoms with E-state index in [1.807, 2.05) is 24.1 Å². The van der Waals surface area contributed by atoms with Crippen LogP contribution in [-0.2, 0) is 15.1 Å². The number of piperidine rings is 1. The van der Waals surface area contributed by atoms with E-state index >= 15 is 0 Å². The highest BCUT2D eigenvalue weighted by atomic mass is 16.6. The molecule has 1 amide bonds. The molecule has 2 fully saturated rings. The highest BCUT2D eigenvalue weighted by Gasteiger charge is 2.49. The zero-order chi connectivity index (χ0) is 18.9. The highest BCUT2D eigenvalue weighted by molar-refractivity contribution is 5.92. The monoisotopic (exact) mass is 371 g/mol. The van der Waals surface area contributed by atoms with Crippen LogP contribution in [0.25, 0.3) is 0 Å². The first-order chi connectivity index (χ1) is 13.1. The Labute approximate surface area is 160 Å². The lowest BCUT2D eigenvalue weighted by Gasteiger charge is -2.37. The van der Waals surface area contributed by atoms with E-state index in [-0.39, 0.29) is 17.8 Å². The molecule has 3 heterocycles. The van der Waals surface area contributed by atoms with Crippen LogP contribution in [0.15, 0.2) is 18.3 Å². The molecule has 4 rings (SSSR count). The van der Waals surface area contributed by atoms with Gasteiger partial charge in [0, 0.05) is 37.8 Å². The molecule has 1 aromatic heterocycles. The van der Waals surface area contributed by atoms with E-state index in [9.17, 15) is 9.59 Å². The van der Waals surface area contributed by atoms with Crippen molar-refractivity contribution in [3.8, 4) is 0 Å². The van der Waals surface area contributed by atoms with Crippen LogP contribution in [0.1, 0.15) is 61.0 Å². The van der Waals surface area contributed by atoms with E-state index in [0.29, 0.717) is 18.5 Å². The fourth-order valence-electron chi connectivity index (χ4n) is 4.82. The fourth-order valence-corrected chi connectivity index (χ4v) is 4.82. The number of rotatable bonds is 4. The van der Waals surface area contributed by atoms with Gasteiger partial charge in [-0.2, -0.15) is 0 Å². The van der Waals surface area contributed by atoms with Gasteiger partial charge in [-0.05, 0) is 57.7 Å². The number of carbonyl (C=O) groups is 2. The van der Waals surface area contributed by atoms with Gasteiger partial charge < -0.3 is 14.5 Å². The molecule has 0 atom stereocenters. The second kappa shape index (κ2) is 7.58. The lowest BCUT2D eigenvalue weighted by Crippen LogP contribution is -2.43. The summed E-state index contributed by atoms with van der Waals surface area (Å²) in [6.45, 7) is 4.08. The van der Waals surface area contributed by atoms with Crippen molar-refractivity contribution in [3.05, 3.63) is 29.6 Å². The summed E-state index contributed by atoms with van der Waals surface area (Å²) in [6.07, 6.45) is 8.43. The Kier molecular flexibility index (Phi) is 5.17. The number of likely N-dealkylation sites (N-methyl/N-ethyl adjacent to an activating group) is 1. The zero-order valence-electron chi connectivity index (χ0n) is 16.2. The summed E-state index contributed by atoms with van der Waals surface area (Å²) in [5, 5.41) is 0. The van der Waals surface area contributed by atoms with Crippen molar-refractivity contribution in [2.75, 3.05) is 33.2 Å². The van der Waals surface area contributed by atoms with Gasteiger partial charge in [0.25, 0.3) is 0 Å². The van der Waals surface area contributed by atoms with E-state index in [1.165, 1.54) is 19.3 Å². The van der Waals surface area contributed by atoms with Crippen LogP contribution in [0.5, 0.6) is 0 Å². The Morgan fingerprint density at radius 3 is 2.78 bits per heavy atom. The molecule has 0 bridgehead atoms. The van der Waals surface area contributed by atoms with Gasteiger partial charge in [0.1, 0.15) is 5.60 Å². The van der Waals surface area contributed by atoms with Crippen LogP contribution < -0.4 is 0 Å². The van der Waals surface area contributed by atoms with Gasteiger partial charge in [-0.15, -0.1) is 0 Å². The molecule has 2 aliphatic heterocycles. The minimum Gasteiger partial charge on any atom is -0.449 e. The van der Waals surface area contributed by atoms with E-state index in [1.54, 1.807) is 6.20 Å². The Morgan fingerprint density at radius 1 is 1.30 bits per heavy atom. The summed E-state index contributed by atoms with van der Waals surface area (Å²) in [5.41, 5.74) is 0.782. The molecule has 1 aromatic rings. The first kappa shape index (κ1) is 18.4. The van der Waals surface area contributed by atoms with Crippen LogP contribution in [0.2, 0.25) is 0 Å². The van der Waals surface area contributed by atoms with Gasteiger partial charge in [-0.1, -0.05) is 12.5 Å². The van der Waals surface area contributed by atoms with Crippen molar-refractivity contribution >= 4 is 11.9 Å². The number of likely N-dealkylation sites (tertiary alicyclic amines) is 1. The Morgan fingerprint density at radius 2 is 2.04 bits per heavy atom. The van der Waals surface area contributed by atoms with Crippen LogP contribution in [0.3, 0.4) is 0 Å². The van der Waals surface area contributed by atoms with Gasteiger partial charge in [-0.25, -0.2) is 9.78 Å². The second-order valence-corrected chi connectivity index (χ2v) is 8.22. The topological polar surface area (TPSA) is 62.7 Å². The largest absolute Gasteiger partial charge is 0.449 e. The normalized spacial score (nSPS) is 28.0. The third-order valence-electron chi connectivity index (χ3n) is 6.50. The molecule has 1 spiro atoms. The Hall–Kier alpha value is -1.95. The first-order valence-corrected chi connectivity index (χ1v) is 10.3. The van der Waals surface area contributed by atoms with E-state index < -0.39 is 5.60 Å². The SMILES string of the molecule is CN(CCN1CCCCC1)C(=O)[C@H]1CC[C@@]2(CC1)OC(=O)c1ncccc12. The number of pyridine rings is 1. The van der Waals surface area contributed by atoms with Gasteiger partial charge in [0.05, 0.1) is 0 Å². The summed E-state index contributed by atoms with van der Waals surface area (Å²) in [5.74, 6) is -0.0620. The van der Waals surface area contributed by atoms with Gasteiger partial charge in [0.15, 0.2) is 5.69 Å². The van der Waals surface area contributed by atoms with Crippen molar-refractivity contribution in [1.29, 1.82) is 0 Å². The summed E-state index contributed by atoms with van der Waals surface area (Å²) in [4.78, 5) is 33.6. The summed E-state index contributed by atoms with van der Waals surface area (Å²) >= 11 is 0. The molecule has 6 nitrogen and oxygen atoms in total. The molecule has 3 aliphatic rings. The van der Waals surface area contributed by atoms with Gasteiger partial charge >= 0.3 is 5.97 Å². The molecule has 146 valence electrons. The maximum atomic E-state index is 12.9. The molecular weight excluding hydrogens is 342 g/mol. The Bertz CT molecular complexity index is 706. The lowest BCUT2D eigenvalue weighted by atomic mass is 9.75. The molecule has 0 unspecified atom stereocenters. The van der Waals surface area contributed by atoms with E-state index in [4.69, 9.17) is 4.74 Å². The number of ether oxygens (including phenoxy) is 1. The number of fused-ring (bicyclic) bond motifs is 2. The minimum absolute atomic E-state index is 0.0291. The minimum atomic E-state index is -0.566. The van der Waals surface area contributed by atoms with E-state index in [2.05, 4.69) is 9.88 Å². The lowest BCUT2D eigenvalue weighted by molar-refractivity contribution is -0.137. The average molecular weight is 371 g/mol. The van der Waals surface area contributed by atoms with Crippen molar-refractivity contribution in [2.24, 2.45) is 5.92 Å². The number of esters is 1. The quantitative estimate of drug-likeness (QED) is 0.761. The highest BCUT2D eigenvalue weighted by Crippen LogP contribution is 2.47. The smallest absolute Gasteiger partial charge is 0.358 e. The summed E-state index contributed by atoms with van der Waals surface area (Å²) in [7, 11) is 1.92. The average Bonchev–Trinajstić information content (AvgIpc) is 2.99. The molecule has 1 saturated carbocycles. The third-order valence-corrected chi connectivity index (χ3v) is 6.50. The Balaban J connectivity index is 1.32. The molecule has 0 aromatic carbocycles. The number of aromatic nitrogens is 1. The van der Waals surface area contributed by atoms with Gasteiger partial charge in [-0.3, -0.25) is 4.79 Å².